The number of aromatic nitrogens is 2. The molecule has 10 nitrogen and oxygen atoms in total. The zero-order chi connectivity index (χ0) is 28.6. The molecule has 3 heterocycles. The van der Waals surface area contributed by atoms with Gasteiger partial charge in [0.1, 0.15) is 17.5 Å². The zero-order valence-electron chi connectivity index (χ0n) is 22.6. The van der Waals surface area contributed by atoms with Gasteiger partial charge in [0.25, 0.3) is 0 Å². The second kappa shape index (κ2) is 11.0. The van der Waals surface area contributed by atoms with Crippen molar-refractivity contribution in [2.75, 3.05) is 46.8 Å². The Bertz CT molecular complexity index is 1510. The van der Waals surface area contributed by atoms with Gasteiger partial charge in [-0.3, -0.25) is 4.72 Å². The molecular formula is C28H32F2N6O4S. The SMILES string of the molecule is CN1CN(c2ccc(NS(=O)(=O)Cc3ccc(F)cc3)c(F)c2)Cc2cnc(NC3CCC4(CC3)OCCO4)nc21. The summed E-state index contributed by atoms with van der Waals surface area (Å²) in [4.78, 5) is 13.2. The standard InChI is InChI=1S/C28H32F2N6O4S/c1-35-18-36(23-6-7-25(24(30)14-23)34-41(37,38)17-19-2-4-21(29)5-3-19)16-20-15-31-27(33-26(20)35)32-22-8-10-28(11-9-22)39-12-13-40-28/h2-7,14-15,22,34H,8-13,16-18H2,1H3,(H,31,32,33). The molecule has 2 aromatic carbocycles. The summed E-state index contributed by atoms with van der Waals surface area (Å²) in [6, 6.07) is 9.75. The molecule has 1 aliphatic carbocycles. The van der Waals surface area contributed by atoms with Crippen molar-refractivity contribution in [3.63, 3.8) is 0 Å². The van der Waals surface area contributed by atoms with Gasteiger partial charge in [-0.1, -0.05) is 12.1 Å². The van der Waals surface area contributed by atoms with E-state index in [0.29, 0.717) is 43.6 Å². The summed E-state index contributed by atoms with van der Waals surface area (Å²) >= 11 is 0. The first-order valence-electron chi connectivity index (χ1n) is 13.6. The van der Waals surface area contributed by atoms with Crippen molar-refractivity contribution in [1.29, 1.82) is 0 Å². The molecule has 0 radical (unpaired) electrons. The number of halogens is 2. The predicted molar refractivity (Wildman–Crippen MR) is 151 cm³/mol. The van der Waals surface area contributed by atoms with Crippen LogP contribution in [0.4, 0.5) is 31.9 Å². The predicted octanol–water partition coefficient (Wildman–Crippen LogP) is 4.21. The highest BCUT2D eigenvalue weighted by Crippen LogP contribution is 2.37. The van der Waals surface area contributed by atoms with Crippen molar-refractivity contribution in [3.05, 3.63) is 71.4 Å². The number of anilines is 4. The Hall–Kier alpha value is -3.55. The van der Waals surface area contributed by atoms with Crippen LogP contribution in [-0.4, -0.2) is 57.1 Å². The maximum Gasteiger partial charge on any atom is 0.237 e. The zero-order valence-corrected chi connectivity index (χ0v) is 23.5. The molecule has 2 aliphatic heterocycles. The molecule has 1 saturated heterocycles. The van der Waals surface area contributed by atoms with Crippen molar-refractivity contribution >= 4 is 33.2 Å². The number of hydrogen-bond donors (Lipinski definition) is 2. The summed E-state index contributed by atoms with van der Waals surface area (Å²) in [5.74, 6) is -0.593. The average Bonchev–Trinajstić information content (AvgIpc) is 3.40. The van der Waals surface area contributed by atoms with Crippen LogP contribution in [0.15, 0.2) is 48.7 Å². The van der Waals surface area contributed by atoms with Crippen LogP contribution >= 0.6 is 0 Å². The normalized spacial score (nSPS) is 18.9. The van der Waals surface area contributed by atoms with Gasteiger partial charge >= 0.3 is 0 Å². The van der Waals surface area contributed by atoms with Gasteiger partial charge in [0, 0.05) is 49.9 Å². The summed E-state index contributed by atoms with van der Waals surface area (Å²) in [5, 5.41) is 3.45. The smallest absolute Gasteiger partial charge is 0.237 e. The monoisotopic (exact) mass is 586 g/mol. The Balaban J connectivity index is 1.09. The third kappa shape index (κ3) is 6.21. The molecule has 0 amide bonds. The van der Waals surface area contributed by atoms with Gasteiger partial charge in [0.15, 0.2) is 5.79 Å². The average molecular weight is 587 g/mol. The highest BCUT2D eigenvalue weighted by Gasteiger charge is 2.40. The van der Waals surface area contributed by atoms with Gasteiger partial charge in [-0.25, -0.2) is 22.2 Å². The largest absolute Gasteiger partial charge is 0.351 e. The molecule has 0 bridgehead atoms. The van der Waals surface area contributed by atoms with Crippen molar-refractivity contribution in [3.8, 4) is 0 Å². The number of rotatable bonds is 7. The highest BCUT2D eigenvalue weighted by molar-refractivity contribution is 7.91. The van der Waals surface area contributed by atoms with E-state index >= 15 is 4.39 Å². The second-order valence-electron chi connectivity index (χ2n) is 10.8. The molecule has 41 heavy (non-hydrogen) atoms. The molecule has 2 fully saturated rings. The minimum atomic E-state index is -3.90. The fraction of sp³-hybridized carbons (Fsp3) is 0.429. The molecule has 1 saturated carbocycles. The van der Waals surface area contributed by atoms with E-state index in [2.05, 4.69) is 15.0 Å². The Morgan fingerprint density at radius 1 is 1.07 bits per heavy atom. The Morgan fingerprint density at radius 2 is 1.80 bits per heavy atom. The van der Waals surface area contributed by atoms with Crippen LogP contribution in [0, 0.1) is 11.6 Å². The summed E-state index contributed by atoms with van der Waals surface area (Å²) in [5.41, 5.74) is 1.73. The first kappa shape index (κ1) is 27.6. The van der Waals surface area contributed by atoms with Gasteiger partial charge in [0.05, 0.1) is 31.3 Å². The van der Waals surface area contributed by atoms with Crippen LogP contribution in [0.3, 0.4) is 0 Å². The first-order chi connectivity index (χ1) is 19.7. The second-order valence-corrected chi connectivity index (χ2v) is 12.5. The number of fused-ring (bicyclic) bond motifs is 1. The van der Waals surface area contributed by atoms with Gasteiger partial charge in [-0.05, 0) is 48.7 Å². The highest BCUT2D eigenvalue weighted by atomic mass is 32.2. The van der Waals surface area contributed by atoms with Crippen molar-refractivity contribution < 1.29 is 26.7 Å². The Kier molecular flexibility index (Phi) is 7.43. The maximum atomic E-state index is 15.0. The summed E-state index contributed by atoms with van der Waals surface area (Å²) < 4.78 is 67.2. The van der Waals surface area contributed by atoms with E-state index in [-0.39, 0.29) is 11.7 Å². The van der Waals surface area contributed by atoms with Crippen molar-refractivity contribution in [2.24, 2.45) is 0 Å². The van der Waals surface area contributed by atoms with Crippen LogP contribution in [0.25, 0.3) is 0 Å². The summed E-state index contributed by atoms with van der Waals surface area (Å²) in [6.07, 6.45) is 5.29. The maximum absolute atomic E-state index is 15.0. The van der Waals surface area contributed by atoms with E-state index in [9.17, 15) is 12.8 Å². The number of nitrogens with one attached hydrogen (secondary N) is 2. The fourth-order valence-electron chi connectivity index (χ4n) is 5.62. The lowest BCUT2D eigenvalue weighted by Gasteiger charge is -2.37. The van der Waals surface area contributed by atoms with E-state index in [1.54, 1.807) is 12.3 Å². The van der Waals surface area contributed by atoms with Gasteiger partial charge < -0.3 is 24.6 Å². The Labute approximate surface area is 237 Å². The number of hydrogen-bond acceptors (Lipinski definition) is 9. The van der Waals surface area contributed by atoms with E-state index in [0.717, 1.165) is 37.1 Å². The minimum absolute atomic E-state index is 0.152. The number of ether oxygens (including phenoxy) is 2. The molecule has 3 aliphatic rings. The lowest BCUT2D eigenvalue weighted by molar-refractivity contribution is -0.177. The molecule has 1 aromatic heterocycles. The molecular weight excluding hydrogens is 554 g/mol. The molecule has 13 heteroatoms. The van der Waals surface area contributed by atoms with Gasteiger partial charge in [0.2, 0.25) is 16.0 Å². The summed E-state index contributed by atoms with van der Waals surface area (Å²) in [6.45, 7) is 2.24. The quantitative estimate of drug-likeness (QED) is 0.421. The van der Waals surface area contributed by atoms with Gasteiger partial charge in [-0.15, -0.1) is 0 Å². The molecule has 1 spiro atoms. The molecule has 0 atom stereocenters. The summed E-state index contributed by atoms with van der Waals surface area (Å²) in [7, 11) is -1.99. The topological polar surface area (TPSA) is 109 Å². The number of sulfonamides is 1. The minimum Gasteiger partial charge on any atom is -0.351 e. The fourth-order valence-corrected chi connectivity index (χ4v) is 6.82. The Morgan fingerprint density at radius 3 is 2.51 bits per heavy atom. The molecule has 218 valence electrons. The van der Waals surface area contributed by atoms with E-state index in [1.807, 2.05) is 16.8 Å². The van der Waals surface area contributed by atoms with Crippen LogP contribution in [0.5, 0.6) is 0 Å². The van der Waals surface area contributed by atoms with Crippen LogP contribution in [0.2, 0.25) is 0 Å². The van der Waals surface area contributed by atoms with Crippen LogP contribution < -0.4 is 19.8 Å². The van der Waals surface area contributed by atoms with Crippen molar-refractivity contribution in [2.45, 2.75) is 49.8 Å². The van der Waals surface area contributed by atoms with Gasteiger partial charge in [-0.2, -0.15) is 4.98 Å². The van der Waals surface area contributed by atoms with Crippen LogP contribution in [-0.2, 0) is 31.8 Å². The number of benzene rings is 2. The van der Waals surface area contributed by atoms with E-state index in [1.165, 1.54) is 36.4 Å². The van der Waals surface area contributed by atoms with Crippen molar-refractivity contribution in [1.82, 2.24) is 9.97 Å². The molecule has 0 unspecified atom stereocenters. The van der Waals surface area contributed by atoms with Crippen LogP contribution in [0.1, 0.15) is 36.8 Å². The third-order valence-electron chi connectivity index (χ3n) is 7.69. The molecule has 3 aromatic rings. The molecule has 2 N–H and O–H groups in total. The third-order valence-corrected chi connectivity index (χ3v) is 8.94. The lowest BCUT2D eigenvalue weighted by atomic mass is 9.90. The first-order valence-corrected chi connectivity index (χ1v) is 15.2. The van der Waals surface area contributed by atoms with E-state index in [4.69, 9.17) is 14.5 Å². The number of nitrogens with zero attached hydrogens (tertiary/aromatic N) is 4. The molecule has 6 rings (SSSR count). The van der Waals surface area contributed by atoms with E-state index < -0.39 is 33.2 Å². The lowest BCUT2D eigenvalue weighted by Crippen LogP contribution is -2.41.